The van der Waals surface area contributed by atoms with E-state index in [2.05, 4.69) is 35.5 Å². The molecular weight excluding hydrogens is 535 g/mol. The van der Waals surface area contributed by atoms with Crippen molar-refractivity contribution >= 4 is 51.3 Å². The van der Waals surface area contributed by atoms with Crippen LogP contribution in [0.1, 0.15) is 36.8 Å². The molecule has 1 aromatic heterocycles. The molecule has 0 amide bonds. The topological polar surface area (TPSA) is 83.0 Å². The summed E-state index contributed by atoms with van der Waals surface area (Å²) in [6.45, 7) is 4.64. The van der Waals surface area contributed by atoms with Crippen LogP contribution < -0.4 is 15.4 Å². The molecular formula is C20H29IN4O3S2. The van der Waals surface area contributed by atoms with Crippen LogP contribution in [-0.2, 0) is 16.6 Å². The lowest BCUT2D eigenvalue weighted by Gasteiger charge is -2.38. The number of ether oxygens (including phenoxy) is 1. The summed E-state index contributed by atoms with van der Waals surface area (Å²) in [7, 11) is 1.39. The van der Waals surface area contributed by atoms with E-state index < -0.39 is 10.0 Å². The summed E-state index contributed by atoms with van der Waals surface area (Å²) in [6, 6.07) is 11.6. The number of fused-ring (bicyclic) bond motifs is 1. The molecule has 1 aliphatic heterocycles. The fourth-order valence-electron chi connectivity index (χ4n) is 3.23. The standard InChI is InChI=1S/C20H28N4O3S2.HI/c1-20(2)12-16(15-8-6-7-9-17(15)27-20)23-19(21-3)22-13-14-10-11-18(28-14)29(25,26)24(4)5;/h6-11,16H,12-13H2,1-5H3,(H2,21,22,23);1H. The largest absolute Gasteiger partial charge is 0.487 e. The van der Waals surface area contributed by atoms with Crippen LogP contribution in [-0.4, -0.2) is 45.4 Å². The number of para-hydroxylation sites is 1. The highest BCUT2D eigenvalue weighted by atomic mass is 127. The van der Waals surface area contributed by atoms with E-state index in [0.29, 0.717) is 16.7 Å². The van der Waals surface area contributed by atoms with Crippen molar-refractivity contribution in [2.75, 3.05) is 21.1 Å². The molecule has 0 aliphatic carbocycles. The number of sulfonamides is 1. The summed E-state index contributed by atoms with van der Waals surface area (Å²) in [5.41, 5.74) is 0.818. The van der Waals surface area contributed by atoms with Gasteiger partial charge < -0.3 is 15.4 Å². The summed E-state index contributed by atoms with van der Waals surface area (Å²) < 4.78 is 32.1. The smallest absolute Gasteiger partial charge is 0.252 e. The molecule has 2 aromatic rings. The first-order valence-corrected chi connectivity index (χ1v) is 11.6. The van der Waals surface area contributed by atoms with Crippen LogP contribution in [0.2, 0.25) is 0 Å². The Hall–Kier alpha value is -1.37. The third-order valence-corrected chi connectivity index (χ3v) is 8.08. The Labute approximate surface area is 200 Å². The maximum absolute atomic E-state index is 12.2. The number of nitrogens with zero attached hydrogens (tertiary/aromatic N) is 2. The van der Waals surface area contributed by atoms with Crippen LogP contribution in [0.25, 0.3) is 0 Å². The van der Waals surface area contributed by atoms with Crippen LogP contribution in [0.5, 0.6) is 5.75 Å². The zero-order valence-corrected chi connectivity index (χ0v) is 21.8. The molecule has 0 saturated heterocycles. The van der Waals surface area contributed by atoms with Crippen LogP contribution in [0.15, 0.2) is 45.6 Å². The van der Waals surface area contributed by atoms with E-state index in [0.717, 1.165) is 22.6 Å². The molecule has 1 unspecified atom stereocenters. The fraction of sp³-hybridized carbons (Fsp3) is 0.450. The number of hydrogen-bond acceptors (Lipinski definition) is 5. The van der Waals surface area contributed by atoms with Crippen molar-refractivity contribution in [1.29, 1.82) is 0 Å². The first kappa shape index (κ1) is 24.9. The van der Waals surface area contributed by atoms with E-state index in [1.165, 1.54) is 29.7 Å². The second kappa shape index (κ2) is 9.84. The Morgan fingerprint density at radius 3 is 2.63 bits per heavy atom. The van der Waals surface area contributed by atoms with Gasteiger partial charge in [0.15, 0.2) is 5.96 Å². The Morgan fingerprint density at radius 1 is 1.27 bits per heavy atom. The molecule has 2 N–H and O–H groups in total. The number of thiophene rings is 1. The number of guanidine groups is 1. The van der Waals surface area contributed by atoms with E-state index in [9.17, 15) is 8.42 Å². The van der Waals surface area contributed by atoms with Crippen molar-refractivity contribution in [3.8, 4) is 5.75 Å². The maximum atomic E-state index is 12.2. The monoisotopic (exact) mass is 564 g/mol. The number of hydrogen-bond donors (Lipinski definition) is 2. The Bertz CT molecular complexity index is 1000. The highest BCUT2D eigenvalue weighted by molar-refractivity contribution is 14.0. The molecule has 0 fully saturated rings. The molecule has 0 spiro atoms. The van der Waals surface area contributed by atoms with Gasteiger partial charge in [-0.3, -0.25) is 4.99 Å². The van der Waals surface area contributed by atoms with E-state index in [-0.39, 0.29) is 35.6 Å². The number of aliphatic imine (C=N–C) groups is 1. The van der Waals surface area contributed by atoms with Crippen LogP contribution in [0, 0.1) is 0 Å². The van der Waals surface area contributed by atoms with Crippen molar-refractivity contribution in [3.63, 3.8) is 0 Å². The zero-order chi connectivity index (χ0) is 21.2. The minimum atomic E-state index is -3.40. The molecule has 7 nitrogen and oxygen atoms in total. The second-order valence-electron chi connectivity index (χ2n) is 7.73. The lowest BCUT2D eigenvalue weighted by molar-refractivity contribution is 0.0694. The van der Waals surface area contributed by atoms with Crippen molar-refractivity contribution < 1.29 is 13.2 Å². The zero-order valence-electron chi connectivity index (χ0n) is 17.8. The maximum Gasteiger partial charge on any atom is 0.252 e. The minimum Gasteiger partial charge on any atom is -0.487 e. The van der Waals surface area contributed by atoms with Crippen LogP contribution in [0.3, 0.4) is 0 Å². The average Bonchev–Trinajstić information content (AvgIpc) is 3.13. The molecule has 166 valence electrons. The summed E-state index contributed by atoms with van der Waals surface area (Å²) >= 11 is 1.26. The molecule has 2 heterocycles. The third kappa shape index (κ3) is 5.65. The lowest BCUT2D eigenvalue weighted by Crippen LogP contribution is -2.45. The average molecular weight is 565 g/mol. The summed E-state index contributed by atoms with van der Waals surface area (Å²) in [5.74, 6) is 1.54. The van der Waals surface area contributed by atoms with Crippen LogP contribution >= 0.6 is 35.3 Å². The Kier molecular flexibility index (Phi) is 8.16. The van der Waals surface area contributed by atoms with Gasteiger partial charge >= 0.3 is 0 Å². The highest BCUT2D eigenvalue weighted by Gasteiger charge is 2.34. The Balaban J connectivity index is 0.00000320. The predicted octanol–water partition coefficient (Wildman–Crippen LogP) is 3.58. The van der Waals surface area contributed by atoms with Gasteiger partial charge in [-0.05, 0) is 32.0 Å². The van der Waals surface area contributed by atoms with E-state index >= 15 is 0 Å². The van der Waals surface area contributed by atoms with Crippen molar-refractivity contribution in [3.05, 3.63) is 46.8 Å². The van der Waals surface area contributed by atoms with Gasteiger partial charge in [0.1, 0.15) is 15.6 Å². The molecule has 1 aliphatic rings. The van der Waals surface area contributed by atoms with E-state index in [1.807, 2.05) is 24.3 Å². The number of benzene rings is 1. The summed E-state index contributed by atoms with van der Waals surface area (Å²) in [4.78, 5) is 5.25. The minimum absolute atomic E-state index is 0. The van der Waals surface area contributed by atoms with Gasteiger partial charge in [-0.15, -0.1) is 35.3 Å². The molecule has 0 bridgehead atoms. The molecule has 0 saturated carbocycles. The summed E-state index contributed by atoms with van der Waals surface area (Å²) in [6.07, 6.45) is 0.801. The summed E-state index contributed by atoms with van der Waals surface area (Å²) in [5, 5.41) is 6.77. The number of halogens is 1. The number of nitrogens with one attached hydrogen (secondary N) is 2. The van der Waals surface area contributed by atoms with Crippen molar-refractivity contribution in [2.24, 2.45) is 4.99 Å². The van der Waals surface area contributed by atoms with Crippen LogP contribution in [0.4, 0.5) is 0 Å². The molecule has 0 radical (unpaired) electrons. The van der Waals surface area contributed by atoms with Gasteiger partial charge in [0, 0.05) is 38.0 Å². The predicted molar refractivity (Wildman–Crippen MR) is 132 cm³/mol. The third-order valence-electron chi connectivity index (χ3n) is 4.71. The number of rotatable bonds is 5. The van der Waals surface area contributed by atoms with Crippen molar-refractivity contribution in [1.82, 2.24) is 14.9 Å². The van der Waals surface area contributed by atoms with Gasteiger partial charge in [0.05, 0.1) is 12.6 Å². The first-order valence-electron chi connectivity index (χ1n) is 9.39. The molecule has 3 rings (SSSR count). The molecule has 30 heavy (non-hydrogen) atoms. The van der Waals surface area contributed by atoms with E-state index in [1.54, 1.807) is 13.1 Å². The van der Waals surface area contributed by atoms with Gasteiger partial charge in [0.25, 0.3) is 10.0 Å². The SMILES string of the molecule is CN=C(NCc1ccc(S(=O)(=O)N(C)C)s1)NC1CC(C)(C)Oc2ccccc21.I. The van der Waals surface area contributed by atoms with Gasteiger partial charge in [-0.1, -0.05) is 18.2 Å². The lowest BCUT2D eigenvalue weighted by atomic mass is 9.90. The molecule has 10 heteroatoms. The first-order chi connectivity index (χ1) is 13.6. The highest BCUT2D eigenvalue weighted by Crippen LogP contribution is 2.39. The van der Waals surface area contributed by atoms with Gasteiger partial charge in [-0.2, -0.15) is 0 Å². The van der Waals surface area contributed by atoms with Gasteiger partial charge in [-0.25, -0.2) is 12.7 Å². The van der Waals surface area contributed by atoms with Crippen molar-refractivity contribution in [2.45, 2.75) is 42.7 Å². The van der Waals surface area contributed by atoms with E-state index in [4.69, 9.17) is 4.74 Å². The fourth-order valence-corrected chi connectivity index (χ4v) is 5.70. The normalized spacial score (nSPS) is 18.2. The Morgan fingerprint density at radius 2 is 1.97 bits per heavy atom. The molecule has 1 atom stereocenters. The quantitative estimate of drug-likeness (QED) is 0.330. The van der Waals surface area contributed by atoms with Gasteiger partial charge in [0.2, 0.25) is 0 Å². The second-order valence-corrected chi connectivity index (χ2v) is 11.3. The molecule has 1 aromatic carbocycles.